The SMILES string of the molecule is COc1ccc(OC)c(NC(=O)C2CCN(c3c(C#N)cnc4ccccc34)CC2)c1. The second-order valence-corrected chi connectivity index (χ2v) is 7.47. The summed E-state index contributed by atoms with van der Waals surface area (Å²) in [5, 5.41) is 13.6. The summed E-state index contributed by atoms with van der Waals surface area (Å²) in [6.07, 6.45) is 3.02. The molecule has 0 bridgehead atoms. The fraction of sp³-hybridized carbons (Fsp3) is 0.292. The molecule has 158 valence electrons. The van der Waals surface area contributed by atoms with Crippen molar-refractivity contribution in [1.82, 2.24) is 4.98 Å². The molecule has 2 aromatic carbocycles. The maximum atomic E-state index is 12.9. The lowest BCUT2D eigenvalue weighted by Gasteiger charge is -2.34. The lowest BCUT2D eigenvalue weighted by atomic mass is 9.94. The average molecular weight is 416 g/mol. The van der Waals surface area contributed by atoms with Crippen molar-refractivity contribution in [3.8, 4) is 17.6 Å². The molecule has 1 N–H and O–H groups in total. The summed E-state index contributed by atoms with van der Waals surface area (Å²) in [6, 6.07) is 15.4. The molecule has 0 atom stereocenters. The molecule has 2 heterocycles. The van der Waals surface area contributed by atoms with Crippen molar-refractivity contribution in [3.63, 3.8) is 0 Å². The maximum absolute atomic E-state index is 12.9. The van der Waals surface area contributed by atoms with Crippen LogP contribution in [-0.4, -0.2) is 38.2 Å². The van der Waals surface area contributed by atoms with Crippen molar-refractivity contribution in [2.24, 2.45) is 5.92 Å². The largest absolute Gasteiger partial charge is 0.497 e. The number of piperidine rings is 1. The van der Waals surface area contributed by atoms with E-state index < -0.39 is 0 Å². The van der Waals surface area contributed by atoms with Gasteiger partial charge in [-0.3, -0.25) is 9.78 Å². The Morgan fingerprint density at radius 1 is 1.16 bits per heavy atom. The first-order chi connectivity index (χ1) is 15.1. The van der Waals surface area contributed by atoms with Crippen LogP contribution in [0.5, 0.6) is 11.5 Å². The summed E-state index contributed by atoms with van der Waals surface area (Å²) < 4.78 is 10.6. The van der Waals surface area contributed by atoms with E-state index in [1.807, 2.05) is 24.3 Å². The number of nitrogens with one attached hydrogen (secondary N) is 1. The number of anilines is 2. The Morgan fingerprint density at radius 3 is 2.65 bits per heavy atom. The molecule has 0 unspecified atom stereocenters. The van der Waals surface area contributed by atoms with E-state index in [1.54, 1.807) is 38.6 Å². The lowest BCUT2D eigenvalue weighted by Crippen LogP contribution is -2.38. The quantitative estimate of drug-likeness (QED) is 0.677. The highest BCUT2D eigenvalue weighted by Crippen LogP contribution is 2.34. The van der Waals surface area contributed by atoms with Crippen molar-refractivity contribution >= 4 is 28.2 Å². The fourth-order valence-corrected chi connectivity index (χ4v) is 4.06. The van der Waals surface area contributed by atoms with Crippen LogP contribution in [0.1, 0.15) is 18.4 Å². The average Bonchev–Trinajstić information content (AvgIpc) is 2.83. The number of amides is 1. The Kier molecular flexibility index (Phi) is 5.89. The molecular formula is C24H24N4O3. The van der Waals surface area contributed by atoms with E-state index in [0.29, 0.717) is 48.7 Å². The van der Waals surface area contributed by atoms with Crippen LogP contribution in [0.3, 0.4) is 0 Å². The van der Waals surface area contributed by atoms with Crippen molar-refractivity contribution in [2.75, 3.05) is 37.5 Å². The van der Waals surface area contributed by atoms with Crippen molar-refractivity contribution in [2.45, 2.75) is 12.8 Å². The topological polar surface area (TPSA) is 87.5 Å². The van der Waals surface area contributed by atoms with Gasteiger partial charge in [0.25, 0.3) is 0 Å². The third-order valence-corrected chi connectivity index (χ3v) is 5.71. The Morgan fingerprint density at radius 2 is 1.94 bits per heavy atom. The zero-order chi connectivity index (χ0) is 21.8. The zero-order valence-electron chi connectivity index (χ0n) is 17.6. The number of pyridine rings is 1. The number of nitriles is 1. The molecule has 3 aromatic rings. The summed E-state index contributed by atoms with van der Waals surface area (Å²) in [5.74, 6) is 1.09. The van der Waals surface area contributed by atoms with Gasteiger partial charge in [-0.2, -0.15) is 5.26 Å². The Hall–Kier alpha value is -3.79. The molecule has 4 rings (SSSR count). The van der Waals surface area contributed by atoms with Gasteiger partial charge in [0.1, 0.15) is 17.6 Å². The van der Waals surface area contributed by atoms with Crippen molar-refractivity contribution in [1.29, 1.82) is 5.26 Å². The van der Waals surface area contributed by atoms with Gasteiger partial charge in [-0.15, -0.1) is 0 Å². The molecular weight excluding hydrogens is 392 g/mol. The highest BCUT2D eigenvalue weighted by molar-refractivity contribution is 5.96. The van der Waals surface area contributed by atoms with Crippen LogP contribution >= 0.6 is 0 Å². The van der Waals surface area contributed by atoms with Gasteiger partial charge in [0, 0.05) is 36.7 Å². The standard InChI is InChI=1S/C24H24N4O3/c1-30-18-7-8-22(31-2)21(13-18)27-24(29)16-9-11-28(12-10-16)23-17(14-25)15-26-20-6-4-3-5-19(20)23/h3-8,13,15-16H,9-12H2,1-2H3,(H,27,29). The minimum atomic E-state index is -0.120. The number of methoxy groups -OCH3 is 2. The van der Waals surface area contributed by atoms with Gasteiger partial charge in [-0.25, -0.2) is 0 Å². The molecule has 7 heteroatoms. The summed E-state index contributed by atoms with van der Waals surface area (Å²) in [7, 11) is 3.16. The number of para-hydroxylation sites is 1. The number of nitrogens with zero attached hydrogens (tertiary/aromatic N) is 3. The van der Waals surface area contributed by atoms with Crippen LogP contribution in [0, 0.1) is 17.2 Å². The Balaban J connectivity index is 1.49. The summed E-state index contributed by atoms with van der Waals surface area (Å²) in [6.45, 7) is 1.38. The number of benzene rings is 2. The minimum Gasteiger partial charge on any atom is -0.497 e. The smallest absolute Gasteiger partial charge is 0.227 e. The molecule has 0 radical (unpaired) electrons. The summed E-state index contributed by atoms with van der Waals surface area (Å²) >= 11 is 0. The van der Waals surface area contributed by atoms with Crippen LogP contribution < -0.4 is 19.7 Å². The highest BCUT2D eigenvalue weighted by atomic mass is 16.5. The first-order valence-electron chi connectivity index (χ1n) is 10.2. The van der Waals surface area contributed by atoms with Gasteiger partial charge < -0.3 is 19.7 Å². The van der Waals surface area contributed by atoms with Crippen LogP contribution in [0.25, 0.3) is 10.9 Å². The van der Waals surface area contributed by atoms with E-state index in [2.05, 4.69) is 21.3 Å². The van der Waals surface area contributed by atoms with Gasteiger partial charge in [-0.05, 0) is 31.0 Å². The van der Waals surface area contributed by atoms with E-state index >= 15 is 0 Å². The number of hydrogen-bond acceptors (Lipinski definition) is 6. The molecule has 7 nitrogen and oxygen atoms in total. The fourth-order valence-electron chi connectivity index (χ4n) is 4.06. The van der Waals surface area contributed by atoms with Gasteiger partial charge >= 0.3 is 0 Å². The van der Waals surface area contributed by atoms with E-state index in [-0.39, 0.29) is 11.8 Å². The molecule has 31 heavy (non-hydrogen) atoms. The minimum absolute atomic E-state index is 0.0358. The molecule has 1 aromatic heterocycles. The summed E-state index contributed by atoms with van der Waals surface area (Å²) in [4.78, 5) is 19.5. The number of aromatic nitrogens is 1. The molecule has 1 amide bonds. The number of ether oxygens (including phenoxy) is 2. The van der Waals surface area contributed by atoms with Crippen LogP contribution in [0.2, 0.25) is 0 Å². The Labute approximate surface area is 181 Å². The van der Waals surface area contributed by atoms with E-state index in [4.69, 9.17) is 9.47 Å². The number of hydrogen-bond donors (Lipinski definition) is 1. The third-order valence-electron chi connectivity index (χ3n) is 5.71. The number of carbonyl (C=O) groups is 1. The van der Waals surface area contributed by atoms with Gasteiger partial charge in [-0.1, -0.05) is 18.2 Å². The maximum Gasteiger partial charge on any atom is 0.227 e. The number of rotatable bonds is 5. The van der Waals surface area contributed by atoms with E-state index in [9.17, 15) is 10.1 Å². The Bertz CT molecular complexity index is 1150. The van der Waals surface area contributed by atoms with Crippen molar-refractivity contribution in [3.05, 3.63) is 54.2 Å². The number of carbonyl (C=O) groups excluding carboxylic acids is 1. The summed E-state index contributed by atoms with van der Waals surface area (Å²) in [5.41, 5.74) is 2.92. The third kappa shape index (κ3) is 4.10. The second-order valence-electron chi connectivity index (χ2n) is 7.47. The van der Waals surface area contributed by atoms with Crippen LogP contribution in [-0.2, 0) is 4.79 Å². The first-order valence-corrected chi connectivity index (χ1v) is 10.2. The molecule has 1 fully saturated rings. The van der Waals surface area contributed by atoms with E-state index in [0.717, 1.165) is 16.6 Å². The molecule has 0 spiro atoms. The van der Waals surface area contributed by atoms with Gasteiger partial charge in [0.2, 0.25) is 5.91 Å². The first kappa shape index (κ1) is 20.5. The number of fused-ring (bicyclic) bond motifs is 1. The van der Waals surface area contributed by atoms with Crippen molar-refractivity contribution < 1.29 is 14.3 Å². The second kappa shape index (κ2) is 8.92. The lowest BCUT2D eigenvalue weighted by molar-refractivity contribution is -0.120. The van der Waals surface area contributed by atoms with Crippen LogP contribution in [0.15, 0.2) is 48.7 Å². The van der Waals surface area contributed by atoms with E-state index in [1.165, 1.54) is 0 Å². The molecule has 0 saturated carbocycles. The van der Waals surface area contributed by atoms with Crippen LogP contribution in [0.4, 0.5) is 11.4 Å². The highest BCUT2D eigenvalue weighted by Gasteiger charge is 2.28. The normalized spacial score (nSPS) is 14.2. The molecule has 1 aliphatic rings. The monoisotopic (exact) mass is 416 g/mol. The van der Waals surface area contributed by atoms with Gasteiger partial charge in [0.05, 0.1) is 36.7 Å². The predicted molar refractivity (Wildman–Crippen MR) is 120 cm³/mol. The predicted octanol–water partition coefficient (Wildman–Crippen LogP) is 3.98. The zero-order valence-corrected chi connectivity index (χ0v) is 17.6. The molecule has 1 aliphatic heterocycles. The molecule has 1 saturated heterocycles. The van der Waals surface area contributed by atoms with Gasteiger partial charge in [0.15, 0.2) is 0 Å². The molecule has 0 aliphatic carbocycles.